The zero-order chi connectivity index (χ0) is 43.5. The molecule has 0 aliphatic rings. The predicted molar refractivity (Wildman–Crippen MR) is 261 cm³/mol. The van der Waals surface area contributed by atoms with Crippen molar-refractivity contribution in [1.82, 2.24) is 0 Å². The van der Waals surface area contributed by atoms with Gasteiger partial charge in [-0.2, -0.15) is 0 Å². The van der Waals surface area contributed by atoms with Gasteiger partial charge >= 0.3 is 11.9 Å². The first-order valence-electron chi connectivity index (χ1n) is 25.8. The summed E-state index contributed by atoms with van der Waals surface area (Å²) >= 11 is 0. The number of unbranched alkanes of at least 4 members (excludes halogenated alkanes) is 26. The third-order valence-corrected chi connectivity index (χ3v) is 11.0. The Morgan fingerprint density at radius 1 is 0.383 bits per heavy atom. The lowest BCUT2D eigenvalue weighted by Crippen LogP contribution is -2.30. The van der Waals surface area contributed by atoms with Crippen LogP contribution in [0.3, 0.4) is 0 Å². The molecule has 1 atom stereocenters. The summed E-state index contributed by atoms with van der Waals surface area (Å²) in [6.07, 6.45) is 63.7. The lowest BCUT2D eigenvalue weighted by molar-refractivity contribution is -0.163. The molecule has 0 radical (unpaired) electrons. The van der Waals surface area contributed by atoms with Crippen molar-refractivity contribution in [2.24, 2.45) is 0 Å². The van der Waals surface area contributed by atoms with Crippen LogP contribution in [-0.4, -0.2) is 37.9 Å². The maximum Gasteiger partial charge on any atom is 0.306 e. The topological polar surface area (TPSA) is 61.8 Å². The molecule has 0 N–H and O–H groups in total. The van der Waals surface area contributed by atoms with Gasteiger partial charge in [0.05, 0.1) is 6.61 Å². The van der Waals surface area contributed by atoms with Crippen LogP contribution in [0.15, 0.2) is 60.8 Å². The molecule has 1 unspecified atom stereocenters. The van der Waals surface area contributed by atoms with E-state index in [4.69, 9.17) is 14.2 Å². The van der Waals surface area contributed by atoms with E-state index in [1.54, 1.807) is 0 Å². The van der Waals surface area contributed by atoms with Gasteiger partial charge in [0.15, 0.2) is 6.10 Å². The highest BCUT2D eigenvalue weighted by molar-refractivity contribution is 5.70. The molecule has 5 heteroatoms. The molecule has 0 aromatic heterocycles. The normalized spacial score (nSPS) is 12.7. The van der Waals surface area contributed by atoms with Crippen LogP contribution in [0.1, 0.15) is 252 Å². The van der Waals surface area contributed by atoms with Crippen LogP contribution in [0.25, 0.3) is 0 Å². The van der Waals surface area contributed by atoms with E-state index in [0.29, 0.717) is 19.4 Å². The number of carbonyl (C=O) groups is 2. The van der Waals surface area contributed by atoms with E-state index >= 15 is 0 Å². The van der Waals surface area contributed by atoms with Gasteiger partial charge in [-0.25, -0.2) is 0 Å². The fraction of sp³-hybridized carbons (Fsp3) is 0.782. The van der Waals surface area contributed by atoms with E-state index in [-0.39, 0.29) is 25.2 Å². The molecule has 5 nitrogen and oxygen atoms in total. The van der Waals surface area contributed by atoms with Crippen molar-refractivity contribution in [1.29, 1.82) is 0 Å². The van der Waals surface area contributed by atoms with E-state index < -0.39 is 6.10 Å². The number of carbonyl (C=O) groups excluding carboxylic acids is 2. The molecule has 0 saturated heterocycles. The first-order valence-corrected chi connectivity index (χ1v) is 25.8. The van der Waals surface area contributed by atoms with Crippen LogP contribution in [0.4, 0.5) is 0 Å². The number of allylic oxidation sites excluding steroid dienone is 10. The van der Waals surface area contributed by atoms with Crippen LogP contribution in [-0.2, 0) is 23.8 Å². The van der Waals surface area contributed by atoms with E-state index in [1.165, 1.54) is 141 Å². The summed E-state index contributed by atoms with van der Waals surface area (Å²) in [5.74, 6) is -0.408. The Morgan fingerprint density at radius 3 is 1.23 bits per heavy atom. The molecule has 0 amide bonds. The van der Waals surface area contributed by atoms with Crippen molar-refractivity contribution >= 4 is 11.9 Å². The highest BCUT2D eigenvalue weighted by Crippen LogP contribution is 2.14. The molecule has 0 aliphatic carbocycles. The molecular weight excluding hydrogens is 741 g/mol. The van der Waals surface area contributed by atoms with Crippen molar-refractivity contribution in [2.45, 2.75) is 258 Å². The average molecular weight is 839 g/mol. The Bertz CT molecular complexity index is 1040. The molecule has 0 aromatic rings. The lowest BCUT2D eigenvalue weighted by Gasteiger charge is -2.18. The minimum atomic E-state index is -0.543. The molecular formula is C55H98O5. The number of rotatable bonds is 47. The first kappa shape index (κ1) is 57.6. The zero-order valence-electron chi connectivity index (χ0n) is 40.0. The molecule has 0 saturated carbocycles. The summed E-state index contributed by atoms with van der Waals surface area (Å²) in [6.45, 7) is 7.68. The van der Waals surface area contributed by atoms with Crippen molar-refractivity contribution in [2.75, 3.05) is 19.8 Å². The van der Waals surface area contributed by atoms with Gasteiger partial charge in [-0.05, 0) is 83.5 Å². The fourth-order valence-electron chi connectivity index (χ4n) is 7.20. The van der Waals surface area contributed by atoms with Crippen LogP contribution >= 0.6 is 0 Å². The molecule has 0 spiro atoms. The molecule has 60 heavy (non-hydrogen) atoms. The molecule has 348 valence electrons. The van der Waals surface area contributed by atoms with Gasteiger partial charge in [-0.15, -0.1) is 0 Å². The Labute approximate surface area is 373 Å². The Morgan fingerprint density at radius 2 is 0.750 bits per heavy atom. The van der Waals surface area contributed by atoms with E-state index in [0.717, 1.165) is 77.0 Å². The summed E-state index contributed by atoms with van der Waals surface area (Å²) in [5, 5.41) is 0. The molecule has 0 rings (SSSR count). The minimum Gasteiger partial charge on any atom is -0.462 e. The summed E-state index contributed by atoms with van der Waals surface area (Å²) in [5.41, 5.74) is 0. The summed E-state index contributed by atoms with van der Waals surface area (Å²) in [4.78, 5) is 25.4. The predicted octanol–water partition coefficient (Wildman–Crippen LogP) is 17.3. The monoisotopic (exact) mass is 839 g/mol. The van der Waals surface area contributed by atoms with Gasteiger partial charge in [0.25, 0.3) is 0 Å². The van der Waals surface area contributed by atoms with E-state index in [1.807, 2.05) is 0 Å². The van der Waals surface area contributed by atoms with Crippen molar-refractivity contribution in [3.05, 3.63) is 60.8 Å². The summed E-state index contributed by atoms with van der Waals surface area (Å²) in [6, 6.07) is 0. The largest absolute Gasteiger partial charge is 0.462 e. The highest BCUT2D eigenvalue weighted by atomic mass is 16.6. The van der Waals surface area contributed by atoms with E-state index in [2.05, 4.69) is 81.5 Å². The second-order valence-corrected chi connectivity index (χ2v) is 17.0. The summed E-state index contributed by atoms with van der Waals surface area (Å²) < 4.78 is 17.4. The van der Waals surface area contributed by atoms with Crippen molar-refractivity contribution < 1.29 is 23.8 Å². The second-order valence-electron chi connectivity index (χ2n) is 17.0. The standard InChI is InChI=1S/C55H98O5/c1-4-7-10-13-16-19-22-24-26-28-29-31-34-36-39-42-45-48-54(56)59-52-53(60-55(57)49-46-43-40-37-33-21-18-15-12-9-6-3)51-58-50-47-44-41-38-35-32-30-27-25-23-20-17-14-11-8-5-2/h7,10,16-17,19-20,24-27,53H,4-6,8-9,11-15,18,21-23,28-52H2,1-3H3/b10-7-,19-16-,20-17-,26-24-,27-25-. The number of esters is 2. The summed E-state index contributed by atoms with van der Waals surface area (Å²) in [7, 11) is 0. The van der Waals surface area contributed by atoms with Crippen molar-refractivity contribution in [3.63, 3.8) is 0 Å². The fourth-order valence-corrected chi connectivity index (χ4v) is 7.20. The third-order valence-electron chi connectivity index (χ3n) is 11.0. The average Bonchev–Trinajstić information content (AvgIpc) is 3.25. The van der Waals surface area contributed by atoms with Gasteiger partial charge in [0.1, 0.15) is 6.61 Å². The first-order chi connectivity index (χ1) is 29.6. The molecule has 0 heterocycles. The molecule has 0 aliphatic heterocycles. The third kappa shape index (κ3) is 48.3. The SMILES string of the molecule is CC/C=C\C/C=C\C/C=C\CCCCCCCCCC(=O)OCC(COCCCCCCCC/C=C\C/C=C\CCCCC)OC(=O)CCCCCCCCCCCCC. The van der Waals surface area contributed by atoms with Crippen LogP contribution < -0.4 is 0 Å². The lowest BCUT2D eigenvalue weighted by atomic mass is 10.1. The Hall–Kier alpha value is -2.40. The number of hydrogen-bond acceptors (Lipinski definition) is 5. The second kappa shape index (κ2) is 51.0. The molecule has 0 bridgehead atoms. The van der Waals surface area contributed by atoms with Gasteiger partial charge in [0, 0.05) is 19.4 Å². The Kier molecular flexibility index (Phi) is 48.9. The van der Waals surface area contributed by atoms with Crippen molar-refractivity contribution in [3.8, 4) is 0 Å². The van der Waals surface area contributed by atoms with Crippen LogP contribution in [0, 0.1) is 0 Å². The van der Waals surface area contributed by atoms with Gasteiger partial charge < -0.3 is 14.2 Å². The van der Waals surface area contributed by atoms with E-state index in [9.17, 15) is 9.59 Å². The highest BCUT2D eigenvalue weighted by Gasteiger charge is 2.17. The van der Waals surface area contributed by atoms with Gasteiger partial charge in [-0.3, -0.25) is 9.59 Å². The minimum absolute atomic E-state index is 0.0769. The zero-order valence-corrected chi connectivity index (χ0v) is 40.0. The maximum atomic E-state index is 12.8. The van der Waals surface area contributed by atoms with Crippen LogP contribution in [0.2, 0.25) is 0 Å². The van der Waals surface area contributed by atoms with Crippen LogP contribution in [0.5, 0.6) is 0 Å². The van der Waals surface area contributed by atoms with Gasteiger partial charge in [-0.1, -0.05) is 216 Å². The molecule has 0 aromatic carbocycles. The van der Waals surface area contributed by atoms with Gasteiger partial charge in [0.2, 0.25) is 0 Å². The number of ether oxygens (including phenoxy) is 3. The smallest absolute Gasteiger partial charge is 0.306 e. The quantitative estimate of drug-likeness (QED) is 0.0347. The Balaban J connectivity index is 4.26. The molecule has 0 fully saturated rings. The maximum absolute atomic E-state index is 12.8. The number of hydrogen-bond donors (Lipinski definition) is 0.